The zero-order chi connectivity index (χ0) is 16.3. The molecule has 8 heteroatoms. The number of rotatable bonds is 6. The molecule has 0 aromatic heterocycles. The molecule has 114 valence electrons. The summed E-state index contributed by atoms with van der Waals surface area (Å²) in [5, 5.41) is 8.88. The topological polar surface area (TPSA) is 133 Å². The van der Waals surface area contributed by atoms with E-state index < -0.39 is 27.7 Å². The van der Waals surface area contributed by atoms with Crippen molar-refractivity contribution in [3.63, 3.8) is 0 Å². The molecule has 0 saturated heterocycles. The zero-order valence-electron chi connectivity index (χ0n) is 11.7. The summed E-state index contributed by atoms with van der Waals surface area (Å²) in [5.41, 5.74) is 5.18. The van der Waals surface area contributed by atoms with E-state index in [-0.39, 0.29) is 6.42 Å². The average molecular weight is 311 g/mol. The maximum absolute atomic E-state index is 11.6. The van der Waals surface area contributed by atoms with Gasteiger partial charge in [0.25, 0.3) is 0 Å². The zero-order valence-corrected chi connectivity index (χ0v) is 12.5. The predicted octanol–water partition coefficient (Wildman–Crippen LogP) is 0.688. The third-order valence-corrected chi connectivity index (χ3v) is 3.69. The fraction of sp³-hybridized carbons (Fsp3) is 0.385. The van der Waals surface area contributed by atoms with Crippen LogP contribution in [0.5, 0.6) is 0 Å². The highest BCUT2D eigenvalue weighted by molar-refractivity contribution is 7.83. The Kier molecular flexibility index (Phi) is 5.06. The lowest BCUT2D eigenvalue weighted by Gasteiger charge is -2.28. The van der Waals surface area contributed by atoms with Crippen molar-refractivity contribution in [3.05, 3.63) is 35.4 Å². The molecule has 1 rings (SSSR count). The first kappa shape index (κ1) is 17.1. The number of primary amides is 1. The van der Waals surface area contributed by atoms with Crippen LogP contribution in [0.2, 0.25) is 0 Å². The van der Waals surface area contributed by atoms with Gasteiger partial charge in [-0.2, -0.15) is 18.4 Å². The Balaban J connectivity index is 3.08. The van der Waals surface area contributed by atoms with E-state index in [0.717, 1.165) is 0 Å². The normalized spacial score (nSPS) is 13.4. The minimum absolute atomic E-state index is 0.0387. The van der Waals surface area contributed by atoms with E-state index in [0.29, 0.717) is 11.1 Å². The van der Waals surface area contributed by atoms with Crippen molar-refractivity contribution in [2.45, 2.75) is 31.7 Å². The third kappa shape index (κ3) is 5.51. The predicted molar refractivity (Wildman–Crippen MR) is 76.5 cm³/mol. The van der Waals surface area contributed by atoms with Crippen molar-refractivity contribution < 1.29 is 17.8 Å². The van der Waals surface area contributed by atoms with Crippen molar-refractivity contribution in [2.24, 2.45) is 5.73 Å². The van der Waals surface area contributed by atoms with Crippen LogP contribution in [-0.4, -0.2) is 24.4 Å². The van der Waals surface area contributed by atoms with Gasteiger partial charge in [0, 0.05) is 5.54 Å². The SMILES string of the molecule is CC(C)(C[C@@H](C(N)=O)c1cccc(C#N)c1)NS(=O)(=O)O. The number of hydrogen-bond donors (Lipinski definition) is 3. The van der Waals surface area contributed by atoms with Crippen LogP contribution in [0, 0.1) is 11.3 Å². The molecule has 0 radical (unpaired) electrons. The Morgan fingerprint density at radius 2 is 2.14 bits per heavy atom. The molecule has 0 heterocycles. The molecule has 21 heavy (non-hydrogen) atoms. The Bertz CT molecular complexity index is 677. The van der Waals surface area contributed by atoms with Gasteiger partial charge in [-0.3, -0.25) is 9.35 Å². The summed E-state index contributed by atoms with van der Waals surface area (Å²) in [4.78, 5) is 11.6. The van der Waals surface area contributed by atoms with Crippen LogP contribution in [0.25, 0.3) is 0 Å². The number of carbonyl (C=O) groups is 1. The molecule has 0 fully saturated rings. The van der Waals surface area contributed by atoms with Gasteiger partial charge in [0.2, 0.25) is 5.91 Å². The van der Waals surface area contributed by atoms with Crippen molar-refractivity contribution in [2.75, 3.05) is 0 Å². The largest absolute Gasteiger partial charge is 0.369 e. The van der Waals surface area contributed by atoms with Crippen LogP contribution in [0.4, 0.5) is 0 Å². The van der Waals surface area contributed by atoms with Gasteiger partial charge in [-0.25, -0.2) is 0 Å². The minimum Gasteiger partial charge on any atom is -0.369 e. The molecule has 0 bridgehead atoms. The number of nitriles is 1. The lowest BCUT2D eigenvalue weighted by molar-refractivity contribution is -0.119. The van der Waals surface area contributed by atoms with E-state index in [4.69, 9.17) is 15.5 Å². The van der Waals surface area contributed by atoms with E-state index in [1.165, 1.54) is 19.9 Å². The van der Waals surface area contributed by atoms with Gasteiger partial charge in [0.05, 0.1) is 17.6 Å². The molecule has 1 amide bonds. The van der Waals surface area contributed by atoms with Crippen molar-refractivity contribution in [1.29, 1.82) is 5.26 Å². The number of hydrogen-bond acceptors (Lipinski definition) is 4. The monoisotopic (exact) mass is 311 g/mol. The quantitative estimate of drug-likeness (QED) is 0.664. The number of amides is 1. The number of nitrogens with zero attached hydrogens (tertiary/aromatic N) is 1. The number of nitrogens with two attached hydrogens (primary N) is 1. The van der Waals surface area contributed by atoms with Crippen LogP contribution >= 0.6 is 0 Å². The standard InChI is InChI=1S/C13H17N3O4S/c1-13(2,16-21(18,19)20)7-11(12(15)17)10-5-3-4-9(6-10)8-14/h3-6,11,16H,7H2,1-2H3,(H2,15,17)(H,18,19,20)/t11-/m1/s1. The minimum atomic E-state index is -4.40. The Hall–Kier alpha value is -1.95. The second-order valence-electron chi connectivity index (χ2n) is 5.36. The summed E-state index contributed by atoms with van der Waals surface area (Å²) in [6, 6.07) is 8.33. The van der Waals surface area contributed by atoms with Gasteiger partial charge in [-0.15, -0.1) is 0 Å². The first-order valence-corrected chi connectivity index (χ1v) is 7.54. The highest BCUT2D eigenvalue weighted by Crippen LogP contribution is 2.27. The molecule has 0 aliphatic carbocycles. The lowest BCUT2D eigenvalue weighted by Crippen LogP contribution is -2.45. The summed E-state index contributed by atoms with van der Waals surface area (Å²) >= 11 is 0. The third-order valence-electron chi connectivity index (χ3n) is 2.88. The lowest BCUT2D eigenvalue weighted by atomic mass is 9.85. The summed E-state index contributed by atoms with van der Waals surface area (Å²) in [6.45, 7) is 3.04. The van der Waals surface area contributed by atoms with Gasteiger partial charge in [-0.1, -0.05) is 12.1 Å². The highest BCUT2D eigenvalue weighted by atomic mass is 32.2. The number of benzene rings is 1. The fourth-order valence-corrected chi connectivity index (χ4v) is 2.89. The molecule has 0 spiro atoms. The molecule has 0 aliphatic rings. The molecule has 0 aliphatic heterocycles. The highest BCUT2D eigenvalue weighted by Gasteiger charge is 2.30. The van der Waals surface area contributed by atoms with Crippen LogP contribution in [-0.2, 0) is 15.1 Å². The fourth-order valence-electron chi connectivity index (χ4n) is 2.11. The summed E-state index contributed by atoms with van der Waals surface area (Å²) in [7, 11) is -4.40. The van der Waals surface area contributed by atoms with Crippen LogP contribution in [0.15, 0.2) is 24.3 Å². The van der Waals surface area contributed by atoms with Gasteiger partial charge in [0.15, 0.2) is 0 Å². The first-order valence-electron chi connectivity index (χ1n) is 6.10. The van der Waals surface area contributed by atoms with Crippen LogP contribution in [0.1, 0.15) is 37.3 Å². The first-order chi connectivity index (χ1) is 9.54. The number of nitrogens with one attached hydrogen (secondary N) is 1. The van der Waals surface area contributed by atoms with Crippen molar-refractivity contribution in [3.8, 4) is 6.07 Å². The van der Waals surface area contributed by atoms with Gasteiger partial charge in [-0.05, 0) is 38.0 Å². The molecule has 0 saturated carbocycles. The van der Waals surface area contributed by atoms with E-state index >= 15 is 0 Å². The molecule has 4 N–H and O–H groups in total. The van der Waals surface area contributed by atoms with Gasteiger partial charge in [0.1, 0.15) is 0 Å². The van der Waals surface area contributed by atoms with Crippen molar-refractivity contribution in [1.82, 2.24) is 4.72 Å². The van der Waals surface area contributed by atoms with Gasteiger partial charge < -0.3 is 5.73 Å². The van der Waals surface area contributed by atoms with Crippen LogP contribution in [0.3, 0.4) is 0 Å². The van der Waals surface area contributed by atoms with E-state index in [1.54, 1.807) is 18.2 Å². The smallest absolute Gasteiger partial charge is 0.333 e. The van der Waals surface area contributed by atoms with Crippen LogP contribution < -0.4 is 10.5 Å². The van der Waals surface area contributed by atoms with E-state index in [1.807, 2.05) is 10.8 Å². The molecule has 1 atom stereocenters. The average Bonchev–Trinajstić information content (AvgIpc) is 2.33. The van der Waals surface area contributed by atoms with E-state index in [9.17, 15) is 13.2 Å². The second kappa shape index (κ2) is 6.22. The Morgan fingerprint density at radius 1 is 1.52 bits per heavy atom. The molecule has 0 unspecified atom stereocenters. The maximum Gasteiger partial charge on any atom is 0.333 e. The summed E-state index contributed by atoms with van der Waals surface area (Å²) in [5.74, 6) is -1.43. The van der Waals surface area contributed by atoms with E-state index in [2.05, 4.69) is 0 Å². The molecular formula is C13H17N3O4S. The van der Waals surface area contributed by atoms with Gasteiger partial charge >= 0.3 is 10.3 Å². The maximum atomic E-state index is 11.6. The van der Waals surface area contributed by atoms with Crippen molar-refractivity contribution >= 4 is 16.2 Å². The summed E-state index contributed by atoms with van der Waals surface area (Å²) < 4.78 is 32.7. The number of carbonyl (C=O) groups excluding carboxylic acids is 1. The second-order valence-corrected chi connectivity index (χ2v) is 6.51. The molecule has 1 aromatic rings. The Morgan fingerprint density at radius 3 is 2.62 bits per heavy atom. The molecule has 1 aromatic carbocycles. The summed E-state index contributed by atoms with van der Waals surface area (Å²) in [6.07, 6.45) is 0.0387. The Labute approximate surface area is 123 Å². The molecular weight excluding hydrogens is 294 g/mol. The molecule has 7 nitrogen and oxygen atoms in total.